The maximum absolute atomic E-state index is 11.4. The molecule has 104 valence electrons. The van der Waals surface area contributed by atoms with Gasteiger partial charge in [0.15, 0.2) is 5.69 Å². The number of aromatic hydroxyl groups is 1. The molecule has 6 nitrogen and oxygen atoms in total. The van der Waals surface area contributed by atoms with Crippen molar-refractivity contribution >= 4 is 22.3 Å². The number of fused-ring (bicyclic) bond motifs is 1. The van der Waals surface area contributed by atoms with E-state index in [2.05, 4.69) is 4.98 Å². The lowest BCUT2D eigenvalue weighted by atomic mass is 10.1. The standard InChI is InChI=1S/C15H11N3O3/c16-13-11-3-1-2-4-12(11)17-14(15(13)18(20)21)9-5-7-10(19)8-6-9/h1-8,19H,(H2,16,17). The number of pyridine rings is 1. The Morgan fingerprint density at radius 3 is 2.43 bits per heavy atom. The highest BCUT2D eigenvalue weighted by atomic mass is 16.6. The van der Waals surface area contributed by atoms with Crippen molar-refractivity contribution < 1.29 is 10.0 Å². The minimum absolute atomic E-state index is 0.0789. The minimum Gasteiger partial charge on any atom is -0.508 e. The molecule has 2 aromatic carbocycles. The fourth-order valence-corrected chi connectivity index (χ4v) is 2.23. The smallest absolute Gasteiger partial charge is 0.318 e. The first-order valence-corrected chi connectivity index (χ1v) is 6.20. The average Bonchev–Trinajstić information content (AvgIpc) is 2.47. The van der Waals surface area contributed by atoms with Gasteiger partial charge in [0, 0.05) is 10.9 Å². The number of aromatic nitrogens is 1. The molecule has 21 heavy (non-hydrogen) atoms. The second-order valence-corrected chi connectivity index (χ2v) is 4.54. The Balaban J connectivity index is 2.37. The SMILES string of the molecule is Nc1c([N+](=O)[O-])c(-c2ccc(O)cc2)nc2ccccc12. The summed E-state index contributed by atoms with van der Waals surface area (Å²) in [6.07, 6.45) is 0. The van der Waals surface area contributed by atoms with Crippen LogP contribution in [0.3, 0.4) is 0 Å². The van der Waals surface area contributed by atoms with Crippen molar-refractivity contribution in [3.63, 3.8) is 0 Å². The number of hydrogen-bond acceptors (Lipinski definition) is 5. The van der Waals surface area contributed by atoms with Gasteiger partial charge in [0.2, 0.25) is 0 Å². The van der Waals surface area contributed by atoms with Gasteiger partial charge in [0.05, 0.1) is 10.4 Å². The van der Waals surface area contributed by atoms with Crippen LogP contribution >= 0.6 is 0 Å². The normalized spacial score (nSPS) is 10.7. The van der Waals surface area contributed by atoms with Crippen molar-refractivity contribution in [2.75, 3.05) is 5.73 Å². The summed E-state index contributed by atoms with van der Waals surface area (Å²) in [5.41, 5.74) is 7.13. The van der Waals surface area contributed by atoms with E-state index in [1.54, 1.807) is 36.4 Å². The van der Waals surface area contributed by atoms with Crippen LogP contribution in [0.15, 0.2) is 48.5 Å². The zero-order valence-corrected chi connectivity index (χ0v) is 10.9. The summed E-state index contributed by atoms with van der Waals surface area (Å²) in [4.78, 5) is 15.2. The molecule has 0 aliphatic carbocycles. The van der Waals surface area contributed by atoms with Crippen LogP contribution in [-0.2, 0) is 0 Å². The second kappa shape index (κ2) is 4.75. The van der Waals surface area contributed by atoms with Crippen LogP contribution in [0.1, 0.15) is 0 Å². The Labute approximate surface area is 119 Å². The van der Waals surface area contributed by atoms with E-state index in [9.17, 15) is 15.2 Å². The van der Waals surface area contributed by atoms with Crippen molar-refractivity contribution in [3.05, 3.63) is 58.6 Å². The summed E-state index contributed by atoms with van der Waals surface area (Å²) in [7, 11) is 0. The topological polar surface area (TPSA) is 102 Å². The third-order valence-electron chi connectivity index (χ3n) is 3.23. The Morgan fingerprint density at radius 2 is 1.76 bits per heavy atom. The lowest BCUT2D eigenvalue weighted by Gasteiger charge is -2.08. The summed E-state index contributed by atoms with van der Waals surface area (Å²) in [5, 5.41) is 21.2. The molecule has 3 N–H and O–H groups in total. The molecule has 3 aromatic rings. The zero-order chi connectivity index (χ0) is 15.0. The predicted molar refractivity (Wildman–Crippen MR) is 79.9 cm³/mol. The van der Waals surface area contributed by atoms with Crippen LogP contribution < -0.4 is 5.73 Å². The van der Waals surface area contributed by atoms with Crippen LogP contribution in [-0.4, -0.2) is 15.0 Å². The van der Waals surface area contributed by atoms with Gasteiger partial charge in [-0.1, -0.05) is 18.2 Å². The number of nitrogens with zero attached hydrogens (tertiary/aromatic N) is 2. The summed E-state index contributed by atoms with van der Waals surface area (Å²) >= 11 is 0. The van der Waals surface area contributed by atoms with Crippen molar-refractivity contribution in [2.24, 2.45) is 0 Å². The molecular weight excluding hydrogens is 270 g/mol. The van der Waals surface area contributed by atoms with E-state index in [1.165, 1.54) is 12.1 Å². The second-order valence-electron chi connectivity index (χ2n) is 4.54. The molecular formula is C15H11N3O3. The van der Waals surface area contributed by atoms with Crippen LogP contribution in [0.5, 0.6) is 5.75 Å². The van der Waals surface area contributed by atoms with Crippen LogP contribution in [0.2, 0.25) is 0 Å². The van der Waals surface area contributed by atoms with E-state index in [1.807, 2.05) is 0 Å². The zero-order valence-electron chi connectivity index (χ0n) is 10.9. The van der Waals surface area contributed by atoms with Crippen molar-refractivity contribution in [1.29, 1.82) is 0 Å². The van der Waals surface area contributed by atoms with E-state index in [4.69, 9.17) is 5.73 Å². The maximum Gasteiger partial charge on any atom is 0.318 e. The van der Waals surface area contributed by atoms with Gasteiger partial charge in [-0.15, -0.1) is 0 Å². The van der Waals surface area contributed by atoms with Crippen molar-refractivity contribution in [3.8, 4) is 17.0 Å². The average molecular weight is 281 g/mol. The molecule has 0 fully saturated rings. The molecule has 6 heteroatoms. The highest BCUT2D eigenvalue weighted by Gasteiger charge is 2.23. The summed E-state index contributed by atoms with van der Waals surface area (Å²) in [6, 6.07) is 13.0. The monoisotopic (exact) mass is 281 g/mol. The lowest BCUT2D eigenvalue weighted by Crippen LogP contribution is -2.01. The van der Waals surface area contributed by atoms with Gasteiger partial charge in [-0.25, -0.2) is 4.98 Å². The van der Waals surface area contributed by atoms with Gasteiger partial charge in [0.25, 0.3) is 0 Å². The van der Waals surface area contributed by atoms with E-state index >= 15 is 0 Å². The summed E-state index contributed by atoms with van der Waals surface area (Å²) < 4.78 is 0. The number of benzene rings is 2. The molecule has 0 radical (unpaired) electrons. The summed E-state index contributed by atoms with van der Waals surface area (Å²) in [6.45, 7) is 0. The number of nitrogen functional groups attached to an aromatic ring is 1. The Bertz CT molecular complexity index is 845. The third-order valence-corrected chi connectivity index (χ3v) is 3.23. The molecule has 0 saturated heterocycles. The number of rotatable bonds is 2. The third kappa shape index (κ3) is 2.12. The van der Waals surface area contributed by atoms with Crippen LogP contribution in [0, 0.1) is 10.1 Å². The molecule has 0 spiro atoms. The molecule has 0 saturated carbocycles. The van der Waals surface area contributed by atoms with Crippen molar-refractivity contribution in [2.45, 2.75) is 0 Å². The highest BCUT2D eigenvalue weighted by molar-refractivity contribution is 5.99. The van der Waals surface area contributed by atoms with Gasteiger partial charge in [-0.3, -0.25) is 10.1 Å². The van der Waals surface area contributed by atoms with Gasteiger partial charge in [-0.05, 0) is 30.3 Å². The van der Waals surface area contributed by atoms with Gasteiger partial charge >= 0.3 is 5.69 Å². The molecule has 0 atom stereocenters. The number of hydrogen-bond donors (Lipinski definition) is 2. The number of nitrogens with two attached hydrogens (primary N) is 1. The number of anilines is 1. The predicted octanol–water partition coefficient (Wildman–Crippen LogP) is 3.10. The largest absolute Gasteiger partial charge is 0.508 e. The molecule has 3 rings (SSSR count). The molecule has 0 aliphatic heterocycles. The number of para-hydroxylation sites is 1. The first kappa shape index (κ1) is 12.9. The molecule has 0 unspecified atom stereocenters. The highest BCUT2D eigenvalue weighted by Crippen LogP contribution is 2.37. The maximum atomic E-state index is 11.4. The van der Waals surface area contributed by atoms with E-state index in [0.717, 1.165) is 0 Å². The van der Waals surface area contributed by atoms with Gasteiger partial charge in [-0.2, -0.15) is 0 Å². The Hall–Kier alpha value is -3.15. The van der Waals surface area contributed by atoms with E-state index < -0.39 is 4.92 Å². The minimum atomic E-state index is -0.531. The molecule has 1 heterocycles. The van der Waals surface area contributed by atoms with Gasteiger partial charge < -0.3 is 10.8 Å². The van der Waals surface area contributed by atoms with E-state index in [-0.39, 0.29) is 22.8 Å². The Morgan fingerprint density at radius 1 is 1.10 bits per heavy atom. The molecule has 1 aromatic heterocycles. The first-order valence-electron chi connectivity index (χ1n) is 6.20. The lowest BCUT2D eigenvalue weighted by molar-refractivity contribution is -0.383. The Kier molecular flexibility index (Phi) is 2.91. The van der Waals surface area contributed by atoms with Gasteiger partial charge in [0.1, 0.15) is 11.4 Å². The van der Waals surface area contributed by atoms with E-state index in [0.29, 0.717) is 16.5 Å². The first-order chi connectivity index (χ1) is 10.1. The molecule has 0 amide bonds. The van der Waals surface area contributed by atoms with Crippen LogP contribution in [0.4, 0.5) is 11.4 Å². The number of phenolic OH excluding ortho intramolecular Hbond substituents is 1. The fraction of sp³-hybridized carbons (Fsp3) is 0. The quantitative estimate of drug-likeness (QED) is 0.555. The van der Waals surface area contributed by atoms with Crippen molar-refractivity contribution in [1.82, 2.24) is 4.98 Å². The van der Waals surface area contributed by atoms with Crippen LogP contribution in [0.25, 0.3) is 22.2 Å². The molecule has 0 bridgehead atoms. The fourth-order valence-electron chi connectivity index (χ4n) is 2.23. The molecule has 0 aliphatic rings. The number of nitro groups is 1. The summed E-state index contributed by atoms with van der Waals surface area (Å²) in [5.74, 6) is 0.0789. The number of phenols is 1.